The number of hydrogen-bond donors (Lipinski definition) is 1. The highest BCUT2D eigenvalue weighted by Gasteiger charge is 2.47. The van der Waals surface area contributed by atoms with Crippen molar-refractivity contribution < 1.29 is 28.2 Å². The molecule has 2 aliphatic rings. The summed E-state index contributed by atoms with van der Waals surface area (Å²) >= 11 is 0. The number of benzene rings is 2. The Balaban J connectivity index is 1.65. The van der Waals surface area contributed by atoms with E-state index in [2.05, 4.69) is 0 Å². The van der Waals surface area contributed by atoms with Crippen molar-refractivity contribution >= 4 is 17.4 Å². The number of halogens is 1. The molecule has 1 saturated heterocycles. The van der Waals surface area contributed by atoms with Crippen molar-refractivity contribution in [1.82, 2.24) is 4.90 Å². The van der Waals surface area contributed by atoms with E-state index < -0.39 is 23.5 Å². The number of amides is 1. The fourth-order valence-corrected chi connectivity index (χ4v) is 4.36. The third-order valence-corrected chi connectivity index (χ3v) is 5.82. The molecule has 0 bridgehead atoms. The Kier molecular flexibility index (Phi) is 4.81. The van der Waals surface area contributed by atoms with Crippen molar-refractivity contribution in [3.8, 4) is 5.75 Å². The van der Waals surface area contributed by atoms with Gasteiger partial charge in [-0.1, -0.05) is 18.2 Å². The van der Waals surface area contributed by atoms with Gasteiger partial charge in [0.15, 0.2) is 0 Å². The molecule has 32 heavy (non-hydrogen) atoms. The molecular weight excluding hydrogens is 413 g/mol. The zero-order valence-electron chi connectivity index (χ0n) is 17.2. The molecule has 0 aliphatic carbocycles. The van der Waals surface area contributed by atoms with Crippen molar-refractivity contribution in [1.29, 1.82) is 0 Å². The SMILES string of the molecule is C[C@H]1Cc2cc(/C(O)=C3\C(=O)C(=O)N(Cc4ccco4)[C@H]3c3ccccc3F)ccc2O1. The summed E-state index contributed by atoms with van der Waals surface area (Å²) in [4.78, 5) is 27.2. The Morgan fingerprint density at radius 3 is 2.72 bits per heavy atom. The van der Waals surface area contributed by atoms with E-state index in [9.17, 15) is 19.1 Å². The Bertz CT molecular complexity index is 1250. The summed E-state index contributed by atoms with van der Waals surface area (Å²) in [5.74, 6) is -1.46. The van der Waals surface area contributed by atoms with Crippen LogP contribution >= 0.6 is 0 Å². The third kappa shape index (κ3) is 3.26. The van der Waals surface area contributed by atoms with Crippen LogP contribution in [0.3, 0.4) is 0 Å². The van der Waals surface area contributed by atoms with Crippen LogP contribution in [0.15, 0.2) is 70.9 Å². The number of aliphatic hydroxyl groups excluding tert-OH is 1. The molecule has 0 unspecified atom stereocenters. The number of fused-ring (bicyclic) bond motifs is 1. The summed E-state index contributed by atoms with van der Waals surface area (Å²) < 4.78 is 25.9. The average molecular weight is 433 g/mol. The van der Waals surface area contributed by atoms with Crippen molar-refractivity contribution in [3.63, 3.8) is 0 Å². The molecule has 2 aliphatic heterocycles. The molecular formula is C25H20FNO5. The van der Waals surface area contributed by atoms with Gasteiger partial charge >= 0.3 is 0 Å². The predicted octanol–water partition coefficient (Wildman–Crippen LogP) is 4.36. The summed E-state index contributed by atoms with van der Waals surface area (Å²) in [5.41, 5.74) is 1.24. The zero-order chi connectivity index (χ0) is 22.4. The van der Waals surface area contributed by atoms with Gasteiger partial charge < -0.3 is 19.2 Å². The van der Waals surface area contributed by atoms with Gasteiger partial charge in [0, 0.05) is 17.5 Å². The highest BCUT2D eigenvalue weighted by Crippen LogP contribution is 2.42. The number of likely N-dealkylation sites (tertiary alicyclic amines) is 1. The zero-order valence-corrected chi connectivity index (χ0v) is 17.2. The molecule has 7 heteroatoms. The fourth-order valence-electron chi connectivity index (χ4n) is 4.36. The number of carbonyl (C=O) groups excluding carboxylic acids is 2. The van der Waals surface area contributed by atoms with Crippen LogP contribution in [0.5, 0.6) is 5.75 Å². The van der Waals surface area contributed by atoms with Crippen molar-refractivity contribution in [2.45, 2.75) is 32.0 Å². The minimum atomic E-state index is -1.09. The minimum absolute atomic E-state index is 0.0136. The summed E-state index contributed by atoms with van der Waals surface area (Å²) in [6, 6.07) is 13.3. The van der Waals surface area contributed by atoms with Gasteiger partial charge in [0.25, 0.3) is 11.7 Å². The monoisotopic (exact) mass is 433 g/mol. The van der Waals surface area contributed by atoms with Crippen LogP contribution in [0.2, 0.25) is 0 Å². The van der Waals surface area contributed by atoms with E-state index in [1.165, 1.54) is 29.4 Å². The van der Waals surface area contributed by atoms with Crippen LogP contribution in [0, 0.1) is 5.82 Å². The molecule has 2 atom stereocenters. The fraction of sp³-hybridized carbons (Fsp3) is 0.200. The molecule has 0 radical (unpaired) electrons. The maximum Gasteiger partial charge on any atom is 0.296 e. The largest absolute Gasteiger partial charge is 0.507 e. The first-order chi connectivity index (χ1) is 15.4. The maximum atomic E-state index is 14.8. The number of ether oxygens (including phenoxy) is 1. The van der Waals surface area contributed by atoms with Gasteiger partial charge in [0.05, 0.1) is 24.4 Å². The number of ketones is 1. The molecule has 3 heterocycles. The Morgan fingerprint density at radius 2 is 1.97 bits per heavy atom. The number of carbonyl (C=O) groups is 2. The van der Waals surface area contributed by atoms with E-state index in [0.29, 0.717) is 17.7 Å². The van der Waals surface area contributed by atoms with Gasteiger partial charge in [0.1, 0.15) is 29.2 Å². The first kappa shape index (κ1) is 20.1. The van der Waals surface area contributed by atoms with Crippen LogP contribution in [0.25, 0.3) is 5.76 Å². The van der Waals surface area contributed by atoms with Gasteiger partial charge in [-0.3, -0.25) is 9.59 Å². The first-order valence-electron chi connectivity index (χ1n) is 10.3. The van der Waals surface area contributed by atoms with E-state index in [4.69, 9.17) is 9.15 Å². The van der Waals surface area contributed by atoms with Gasteiger partial charge in [0.2, 0.25) is 0 Å². The Hall–Kier alpha value is -3.87. The summed E-state index contributed by atoms with van der Waals surface area (Å²) in [6.45, 7) is 1.90. The van der Waals surface area contributed by atoms with Crippen molar-refractivity contribution in [2.24, 2.45) is 0 Å². The van der Waals surface area contributed by atoms with Crippen LogP contribution in [-0.4, -0.2) is 27.8 Å². The third-order valence-electron chi connectivity index (χ3n) is 5.82. The molecule has 1 amide bonds. The number of Topliss-reactive ketones (excluding diaryl/α,β-unsaturated/α-hetero) is 1. The summed E-state index contributed by atoms with van der Waals surface area (Å²) in [7, 11) is 0. The topological polar surface area (TPSA) is 80.0 Å². The smallest absolute Gasteiger partial charge is 0.296 e. The molecule has 5 rings (SSSR count). The first-order valence-corrected chi connectivity index (χ1v) is 10.3. The minimum Gasteiger partial charge on any atom is -0.507 e. The number of rotatable bonds is 4. The lowest BCUT2D eigenvalue weighted by Crippen LogP contribution is -2.29. The van der Waals surface area contributed by atoms with Gasteiger partial charge in [-0.05, 0) is 48.9 Å². The van der Waals surface area contributed by atoms with E-state index in [-0.39, 0.29) is 29.5 Å². The molecule has 3 aromatic rings. The van der Waals surface area contributed by atoms with Crippen LogP contribution in [0.1, 0.15) is 35.4 Å². The summed E-state index contributed by atoms with van der Waals surface area (Å²) in [6.07, 6.45) is 2.14. The highest BCUT2D eigenvalue weighted by atomic mass is 19.1. The van der Waals surface area contributed by atoms with E-state index in [1.54, 1.807) is 36.4 Å². The molecule has 1 fully saturated rings. The molecule has 6 nitrogen and oxygen atoms in total. The van der Waals surface area contributed by atoms with Crippen LogP contribution in [-0.2, 0) is 22.6 Å². The number of aliphatic hydroxyl groups is 1. The van der Waals surface area contributed by atoms with Crippen LogP contribution in [0.4, 0.5) is 4.39 Å². The normalized spacial score (nSPS) is 21.6. The molecule has 162 valence electrons. The maximum absolute atomic E-state index is 14.8. The Labute approximate surface area is 183 Å². The second-order valence-electron chi connectivity index (χ2n) is 7.98. The standard InChI is InChI=1S/C25H20FNO5/c1-14-11-16-12-15(8-9-20(16)32-14)23(28)21-22(18-6-2-3-7-19(18)26)27(25(30)24(21)29)13-17-5-4-10-31-17/h2-10,12,14,22,28H,11,13H2,1H3/b23-21+/t14-,22-/m0/s1. The second kappa shape index (κ2) is 7.67. The predicted molar refractivity (Wildman–Crippen MR) is 113 cm³/mol. The van der Waals surface area contributed by atoms with Gasteiger partial charge in [-0.15, -0.1) is 0 Å². The van der Waals surface area contributed by atoms with Crippen LogP contribution < -0.4 is 4.74 Å². The van der Waals surface area contributed by atoms with E-state index >= 15 is 0 Å². The number of furan rings is 1. The quantitative estimate of drug-likeness (QED) is 0.376. The molecule has 0 saturated carbocycles. The lowest BCUT2D eigenvalue weighted by atomic mass is 9.94. The lowest BCUT2D eigenvalue weighted by molar-refractivity contribution is -0.140. The molecule has 0 spiro atoms. The van der Waals surface area contributed by atoms with Crippen molar-refractivity contribution in [3.05, 3.63) is 94.7 Å². The Morgan fingerprint density at radius 1 is 1.16 bits per heavy atom. The highest BCUT2D eigenvalue weighted by molar-refractivity contribution is 6.46. The van der Waals surface area contributed by atoms with E-state index in [0.717, 1.165) is 11.3 Å². The van der Waals surface area contributed by atoms with Gasteiger partial charge in [-0.25, -0.2) is 4.39 Å². The number of nitrogens with zero attached hydrogens (tertiary/aromatic N) is 1. The lowest BCUT2D eigenvalue weighted by Gasteiger charge is -2.24. The van der Waals surface area contributed by atoms with Gasteiger partial charge in [-0.2, -0.15) is 0 Å². The summed E-state index contributed by atoms with van der Waals surface area (Å²) in [5, 5.41) is 11.2. The van der Waals surface area contributed by atoms with E-state index in [1.807, 2.05) is 6.92 Å². The molecule has 1 N–H and O–H groups in total. The number of hydrogen-bond acceptors (Lipinski definition) is 5. The second-order valence-corrected chi connectivity index (χ2v) is 7.98. The van der Waals surface area contributed by atoms with Crippen molar-refractivity contribution in [2.75, 3.05) is 0 Å². The molecule has 1 aromatic heterocycles. The average Bonchev–Trinajstić information content (AvgIpc) is 3.48. The molecule has 2 aromatic carbocycles.